The zero-order valence-corrected chi connectivity index (χ0v) is 7.23. The lowest BCUT2D eigenvalue weighted by molar-refractivity contribution is 0.112. The molecule has 0 aromatic heterocycles. The lowest BCUT2D eigenvalue weighted by Crippen LogP contribution is -1.78. The van der Waals surface area contributed by atoms with Gasteiger partial charge in [0.15, 0.2) is 0 Å². The summed E-state index contributed by atoms with van der Waals surface area (Å²) in [5, 5.41) is 2.28. The van der Waals surface area contributed by atoms with Crippen molar-refractivity contribution < 1.29 is 4.79 Å². The van der Waals surface area contributed by atoms with Gasteiger partial charge in [0.25, 0.3) is 0 Å². The minimum atomic E-state index is 0. The Morgan fingerprint density at radius 3 is 2.31 bits per heavy atom. The summed E-state index contributed by atoms with van der Waals surface area (Å²) in [6.07, 6.45) is 0.867. The van der Waals surface area contributed by atoms with Crippen molar-refractivity contribution in [3.8, 4) is 0 Å². The van der Waals surface area contributed by atoms with Gasteiger partial charge in [0, 0.05) is 5.56 Å². The van der Waals surface area contributed by atoms with Gasteiger partial charge in [-0.25, -0.2) is 0 Å². The van der Waals surface area contributed by atoms with Crippen LogP contribution in [0.3, 0.4) is 0 Å². The average Bonchev–Trinajstić information content (AvgIpc) is 2.17. The lowest BCUT2D eigenvalue weighted by Gasteiger charge is -1.96. The third-order valence-electron chi connectivity index (χ3n) is 1.91. The SMILES string of the molecule is N.O=Cc1ccc2ccccc2c1. The summed E-state index contributed by atoms with van der Waals surface area (Å²) < 4.78 is 0. The smallest absolute Gasteiger partial charge is 0.150 e. The van der Waals surface area contributed by atoms with E-state index in [1.165, 1.54) is 5.39 Å². The predicted octanol–water partition coefficient (Wildman–Crippen LogP) is 2.81. The van der Waals surface area contributed by atoms with Crippen LogP contribution >= 0.6 is 0 Å². The van der Waals surface area contributed by atoms with Gasteiger partial charge in [-0.3, -0.25) is 4.79 Å². The fraction of sp³-hybridized carbons (Fsp3) is 0. The molecule has 0 saturated carbocycles. The van der Waals surface area contributed by atoms with Gasteiger partial charge in [-0.15, -0.1) is 0 Å². The quantitative estimate of drug-likeness (QED) is 0.674. The van der Waals surface area contributed by atoms with Crippen LogP contribution in [-0.2, 0) is 0 Å². The Hall–Kier alpha value is -1.67. The van der Waals surface area contributed by atoms with E-state index in [0.717, 1.165) is 17.2 Å². The zero-order valence-electron chi connectivity index (χ0n) is 7.23. The predicted molar refractivity (Wildman–Crippen MR) is 54.4 cm³/mol. The van der Waals surface area contributed by atoms with Gasteiger partial charge < -0.3 is 6.15 Å². The lowest BCUT2D eigenvalue weighted by atomic mass is 10.1. The maximum Gasteiger partial charge on any atom is 0.150 e. The Morgan fingerprint density at radius 1 is 0.923 bits per heavy atom. The fourth-order valence-electron chi connectivity index (χ4n) is 1.28. The molecule has 2 aromatic carbocycles. The molecule has 13 heavy (non-hydrogen) atoms. The Labute approximate surface area is 76.8 Å². The van der Waals surface area contributed by atoms with Crippen molar-refractivity contribution in [1.29, 1.82) is 0 Å². The van der Waals surface area contributed by atoms with Crippen molar-refractivity contribution in [2.45, 2.75) is 0 Å². The molecule has 0 aliphatic heterocycles. The maximum absolute atomic E-state index is 10.5. The van der Waals surface area contributed by atoms with E-state index in [4.69, 9.17) is 0 Å². The van der Waals surface area contributed by atoms with E-state index in [-0.39, 0.29) is 6.15 Å². The molecular formula is C11H11NO. The van der Waals surface area contributed by atoms with Crippen molar-refractivity contribution in [3.63, 3.8) is 0 Å². The zero-order chi connectivity index (χ0) is 8.39. The monoisotopic (exact) mass is 173 g/mol. The molecule has 66 valence electrons. The fourth-order valence-corrected chi connectivity index (χ4v) is 1.28. The number of fused-ring (bicyclic) bond motifs is 1. The Morgan fingerprint density at radius 2 is 1.62 bits per heavy atom. The Balaban J connectivity index is 0.000000845. The number of rotatable bonds is 1. The van der Waals surface area contributed by atoms with Crippen LogP contribution in [0.2, 0.25) is 0 Å². The number of hydrogen-bond donors (Lipinski definition) is 1. The van der Waals surface area contributed by atoms with Crippen molar-refractivity contribution >= 4 is 17.1 Å². The van der Waals surface area contributed by atoms with Gasteiger partial charge in [-0.2, -0.15) is 0 Å². The van der Waals surface area contributed by atoms with Crippen LogP contribution in [0.5, 0.6) is 0 Å². The highest BCUT2D eigenvalue weighted by molar-refractivity contribution is 5.88. The number of carbonyl (C=O) groups is 1. The van der Waals surface area contributed by atoms with Crippen LogP contribution in [0.15, 0.2) is 42.5 Å². The molecule has 0 heterocycles. The summed E-state index contributed by atoms with van der Waals surface area (Å²) in [5.74, 6) is 0. The summed E-state index contributed by atoms with van der Waals surface area (Å²) in [5.41, 5.74) is 0.730. The van der Waals surface area contributed by atoms with E-state index in [2.05, 4.69) is 0 Å². The molecule has 0 amide bonds. The molecule has 2 aromatic rings. The van der Waals surface area contributed by atoms with Crippen molar-refractivity contribution in [1.82, 2.24) is 6.15 Å². The second-order valence-corrected chi connectivity index (χ2v) is 2.72. The standard InChI is InChI=1S/C11H8O.H3N/c12-8-9-5-6-10-3-1-2-4-11(10)7-9;/h1-8H;1H3. The molecule has 0 radical (unpaired) electrons. The van der Waals surface area contributed by atoms with Crippen LogP contribution in [0, 0.1) is 0 Å². The van der Waals surface area contributed by atoms with Crippen LogP contribution in [0.4, 0.5) is 0 Å². The maximum atomic E-state index is 10.5. The van der Waals surface area contributed by atoms with E-state index in [9.17, 15) is 4.79 Å². The van der Waals surface area contributed by atoms with E-state index in [0.29, 0.717) is 0 Å². The highest BCUT2D eigenvalue weighted by atomic mass is 16.1. The minimum Gasteiger partial charge on any atom is -0.344 e. The van der Waals surface area contributed by atoms with Gasteiger partial charge in [-0.05, 0) is 16.8 Å². The molecule has 0 bridgehead atoms. The first kappa shape index (κ1) is 9.42. The summed E-state index contributed by atoms with van der Waals surface area (Å²) in [6.45, 7) is 0. The number of aldehydes is 1. The molecule has 0 fully saturated rings. The van der Waals surface area contributed by atoms with Gasteiger partial charge in [0.05, 0.1) is 0 Å². The van der Waals surface area contributed by atoms with Gasteiger partial charge >= 0.3 is 0 Å². The molecule has 0 saturated heterocycles. The topological polar surface area (TPSA) is 52.1 Å². The Bertz CT molecular complexity index is 423. The van der Waals surface area contributed by atoms with Crippen molar-refractivity contribution in [3.05, 3.63) is 48.0 Å². The summed E-state index contributed by atoms with van der Waals surface area (Å²) in [6, 6.07) is 13.7. The molecule has 0 atom stereocenters. The summed E-state index contributed by atoms with van der Waals surface area (Å²) in [7, 11) is 0. The molecule has 2 rings (SSSR count). The molecular weight excluding hydrogens is 162 g/mol. The third kappa shape index (κ3) is 1.73. The van der Waals surface area contributed by atoms with E-state index < -0.39 is 0 Å². The molecule has 2 heteroatoms. The van der Waals surface area contributed by atoms with E-state index in [1.54, 1.807) is 0 Å². The highest BCUT2D eigenvalue weighted by Crippen LogP contribution is 2.14. The first-order valence-electron chi connectivity index (χ1n) is 3.84. The van der Waals surface area contributed by atoms with Gasteiger partial charge in [0.2, 0.25) is 0 Å². The van der Waals surface area contributed by atoms with E-state index in [1.807, 2.05) is 42.5 Å². The summed E-state index contributed by atoms with van der Waals surface area (Å²) in [4.78, 5) is 10.5. The second-order valence-electron chi connectivity index (χ2n) is 2.72. The molecule has 0 aliphatic rings. The van der Waals surface area contributed by atoms with Crippen LogP contribution < -0.4 is 6.15 Å². The Kier molecular flexibility index (Phi) is 2.77. The van der Waals surface area contributed by atoms with Gasteiger partial charge in [-0.1, -0.05) is 36.4 Å². The summed E-state index contributed by atoms with van der Waals surface area (Å²) >= 11 is 0. The molecule has 0 unspecified atom stereocenters. The molecule has 0 spiro atoms. The largest absolute Gasteiger partial charge is 0.344 e. The highest BCUT2D eigenvalue weighted by Gasteiger charge is 1.92. The average molecular weight is 173 g/mol. The first-order valence-corrected chi connectivity index (χ1v) is 3.84. The van der Waals surface area contributed by atoms with Crippen LogP contribution in [0.25, 0.3) is 10.8 Å². The first-order chi connectivity index (χ1) is 5.90. The van der Waals surface area contributed by atoms with Crippen LogP contribution in [-0.4, -0.2) is 6.29 Å². The molecule has 3 N–H and O–H groups in total. The number of benzene rings is 2. The molecule has 0 aliphatic carbocycles. The van der Waals surface area contributed by atoms with Crippen molar-refractivity contribution in [2.24, 2.45) is 0 Å². The number of carbonyl (C=O) groups excluding carboxylic acids is 1. The molecule has 2 nitrogen and oxygen atoms in total. The third-order valence-corrected chi connectivity index (χ3v) is 1.91. The normalized spacial score (nSPS) is 9.23. The van der Waals surface area contributed by atoms with Crippen LogP contribution in [0.1, 0.15) is 10.4 Å². The van der Waals surface area contributed by atoms with Gasteiger partial charge in [0.1, 0.15) is 6.29 Å². The van der Waals surface area contributed by atoms with E-state index >= 15 is 0 Å². The van der Waals surface area contributed by atoms with Crippen molar-refractivity contribution in [2.75, 3.05) is 0 Å². The minimum absolute atomic E-state index is 0. The number of hydrogen-bond acceptors (Lipinski definition) is 2. The second kappa shape index (κ2) is 3.83.